The first kappa shape index (κ1) is 24.3. The topological polar surface area (TPSA) is 89.0 Å². The number of amides is 2. The number of ether oxygens (including phenoxy) is 2. The van der Waals surface area contributed by atoms with E-state index in [9.17, 15) is 9.59 Å². The van der Waals surface area contributed by atoms with E-state index in [1.54, 1.807) is 48.5 Å². The highest BCUT2D eigenvalue weighted by Crippen LogP contribution is 2.36. The molecule has 0 atom stereocenters. The van der Waals surface area contributed by atoms with Crippen LogP contribution in [0.1, 0.15) is 21.5 Å². The molecule has 0 radical (unpaired) electrons. The lowest BCUT2D eigenvalue weighted by Crippen LogP contribution is -2.20. The van der Waals surface area contributed by atoms with Crippen molar-refractivity contribution in [1.29, 1.82) is 0 Å². The molecule has 0 bridgehead atoms. The van der Waals surface area contributed by atoms with Gasteiger partial charge >= 0.3 is 0 Å². The van der Waals surface area contributed by atoms with Gasteiger partial charge in [0.25, 0.3) is 11.8 Å². The Bertz CT molecular complexity index is 1180. The van der Waals surface area contributed by atoms with E-state index >= 15 is 0 Å². The Hall–Kier alpha value is -3.36. The van der Waals surface area contributed by atoms with Crippen LogP contribution in [0.4, 0.5) is 5.69 Å². The molecule has 0 aliphatic heterocycles. The summed E-state index contributed by atoms with van der Waals surface area (Å²) < 4.78 is 11.6. The van der Waals surface area contributed by atoms with Gasteiger partial charge in [0.2, 0.25) is 0 Å². The van der Waals surface area contributed by atoms with E-state index in [4.69, 9.17) is 21.1 Å². The van der Waals surface area contributed by atoms with Crippen LogP contribution < -0.4 is 20.2 Å². The molecule has 3 aromatic carbocycles. The van der Waals surface area contributed by atoms with Crippen LogP contribution in [0.3, 0.4) is 0 Å². The predicted molar refractivity (Wildman–Crippen MR) is 133 cm³/mol. The molecule has 3 rings (SSSR count). The van der Waals surface area contributed by atoms with E-state index < -0.39 is 0 Å². The summed E-state index contributed by atoms with van der Waals surface area (Å²) in [5.74, 6) is 0.0529. The Morgan fingerprint density at radius 2 is 1.85 bits per heavy atom. The molecule has 3 aromatic rings. The van der Waals surface area contributed by atoms with Gasteiger partial charge in [-0.3, -0.25) is 9.59 Å². The summed E-state index contributed by atoms with van der Waals surface area (Å²) in [5, 5.41) is 7.12. The fourth-order valence-electron chi connectivity index (χ4n) is 2.78. The molecule has 0 aliphatic rings. The van der Waals surface area contributed by atoms with Gasteiger partial charge < -0.3 is 14.8 Å². The Morgan fingerprint density at radius 1 is 1.12 bits per heavy atom. The van der Waals surface area contributed by atoms with Gasteiger partial charge in [-0.1, -0.05) is 41.4 Å². The summed E-state index contributed by atoms with van der Waals surface area (Å²) in [5.41, 5.74) is 5.21. The minimum Gasteiger partial charge on any atom is -0.493 e. The van der Waals surface area contributed by atoms with Gasteiger partial charge in [0.15, 0.2) is 18.1 Å². The standard InChI is InChI=1S/C24H21BrClN3O4/c1-15-7-9-17(10-8-15)24(31)29-27-13-16-11-18(25)23(21(12-16)32-2)33-14-22(30)28-20-6-4-3-5-19(20)26/h3-13H,14H2,1-2H3,(H,28,30)(H,29,31)/b27-13+. The molecule has 170 valence electrons. The Balaban J connectivity index is 1.63. The van der Waals surface area contributed by atoms with Crippen molar-refractivity contribution in [3.05, 3.63) is 86.8 Å². The number of carbonyl (C=O) groups is 2. The second kappa shape index (κ2) is 11.5. The van der Waals surface area contributed by atoms with Gasteiger partial charge in [0.05, 0.1) is 28.5 Å². The summed E-state index contributed by atoms with van der Waals surface area (Å²) in [6.07, 6.45) is 1.48. The third kappa shape index (κ3) is 6.81. The zero-order valence-electron chi connectivity index (χ0n) is 17.9. The zero-order chi connectivity index (χ0) is 23.8. The lowest BCUT2D eigenvalue weighted by Gasteiger charge is -2.14. The Labute approximate surface area is 204 Å². The number of aryl methyl sites for hydroxylation is 1. The molecule has 2 N–H and O–H groups in total. The SMILES string of the molecule is COc1cc(/C=N/NC(=O)c2ccc(C)cc2)cc(Br)c1OCC(=O)Nc1ccccc1Cl. The van der Waals surface area contributed by atoms with Crippen molar-refractivity contribution in [3.8, 4) is 11.5 Å². The summed E-state index contributed by atoms with van der Waals surface area (Å²) in [6, 6.07) is 17.5. The first-order valence-corrected chi connectivity index (χ1v) is 11.0. The van der Waals surface area contributed by atoms with Crippen molar-refractivity contribution in [1.82, 2.24) is 5.43 Å². The molecule has 33 heavy (non-hydrogen) atoms. The number of rotatable bonds is 8. The molecule has 2 amide bonds. The molecule has 9 heteroatoms. The highest BCUT2D eigenvalue weighted by molar-refractivity contribution is 9.10. The number of hydrazone groups is 1. The average molecular weight is 531 g/mol. The molecule has 0 unspecified atom stereocenters. The zero-order valence-corrected chi connectivity index (χ0v) is 20.2. The van der Waals surface area contributed by atoms with E-state index in [0.29, 0.717) is 37.8 Å². The van der Waals surface area contributed by atoms with Gasteiger partial charge in [0, 0.05) is 5.56 Å². The largest absolute Gasteiger partial charge is 0.493 e. The van der Waals surface area contributed by atoms with Crippen molar-refractivity contribution >= 4 is 51.2 Å². The smallest absolute Gasteiger partial charge is 0.271 e. The highest BCUT2D eigenvalue weighted by Gasteiger charge is 2.14. The minimum absolute atomic E-state index is 0.250. The number of hydrogen-bond acceptors (Lipinski definition) is 5. The van der Waals surface area contributed by atoms with Gasteiger partial charge in [-0.05, 0) is 64.8 Å². The molecular weight excluding hydrogens is 510 g/mol. The van der Waals surface area contributed by atoms with Gasteiger partial charge in [-0.25, -0.2) is 5.43 Å². The number of para-hydroxylation sites is 1. The molecule has 0 aliphatic carbocycles. The molecular formula is C24H21BrClN3O4. The van der Waals surface area contributed by atoms with Crippen LogP contribution in [0.5, 0.6) is 11.5 Å². The monoisotopic (exact) mass is 529 g/mol. The van der Waals surface area contributed by atoms with Crippen LogP contribution in [0, 0.1) is 6.92 Å². The maximum Gasteiger partial charge on any atom is 0.271 e. The minimum atomic E-state index is -0.374. The first-order valence-electron chi connectivity index (χ1n) is 9.82. The van der Waals surface area contributed by atoms with Crippen molar-refractivity contribution in [2.45, 2.75) is 6.92 Å². The number of carbonyl (C=O) groups excluding carboxylic acids is 2. The van der Waals surface area contributed by atoms with Crippen LogP contribution in [-0.2, 0) is 4.79 Å². The lowest BCUT2D eigenvalue weighted by molar-refractivity contribution is -0.118. The van der Waals surface area contributed by atoms with Crippen molar-refractivity contribution in [2.24, 2.45) is 5.10 Å². The van der Waals surface area contributed by atoms with Crippen LogP contribution in [0.25, 0.3) is 0 Å². The molecule has 7 nitrogen and oxygen atoms in total. The fourth-order valence-corrected chi connectivity index (χ4v) is 3.53. The van der Waals surface area contributed by atoms with Gasteiger partial charge in [-0.15, -0.1) is 0 Å². The predicted octanol–water partition coefficient (Wildman–Crippen LogP) is 5.20. The molecule has 0 spiro atoms. The maximum atomic E-state index is 12.2. The second-order valence-corrected chi connectivity index (χ2v) is 8.18. The van der Waals surface area contributed by atoms with Crippen molar-refractivity contribution in [2.75, 3.05) is 19.0 Å². The van der Waals surface area contributed by atoms with Crippen LogP contribution >= 0.6 is 27.5 Å². The van der Waals surface area contributed by atoms with Crippen LogP contribution in [0.2, 0.25) is 5.02 Å². The maximum absolute atomic E-state index is 12.2. The number of halogens is 2. The fraction of sp³-hybridized carbons (Fsp3) is 0.125. The average Bonchev–Trinajstić information content (AvgIpc) is 2.80. The normalized spacial score (nSPS) is 10.7. The second-order valence-electron chi connectivity index (χ2n) is 6.92. The molecule has 0 heterocycles. The summed E-state index contributed by atoms with van der Waals surface area (Å²) >= 11 is 9.48. The van der Waals surface area contributed by atoms with Crippen molar-refractivity contribution in [3.63, 3.8) is 0 Å². The van der Waals surface area contributed by atoms with E-state index in [2.05, 4.69) is 31.8 Å². The quantitative estimate of drug-likeness (QED) is 0.309. The number of nitrogens with one attached hydrogen (secondary N) is 2. The number of nitrogens with zero attached hydrogens (tertiary/aromatic N) is 1. The van der Waals surface area contributed by atoms with E-state index in [-0.39, 0.29) is 18.4 Å². The molecule has 0 saturated carbocycles. The third-order valence-corrected chi connectivity index (χ3v) is 5.36. The number of methoxy groups -OCH3 is 1. The van der Waals surface area contributed by atoms with Crippen LogP contribution in [-0.4, -0.2) is 31.7 Å². The van der Waals surface area contributed by atoms with E-state index in [1.165, 1.54) is 13.3 Å². The summed E-state index contributed by atoms with van der Waals surface area (Å²) in [6.45, 7) is 1.70. The third-order valence-electron chi connectivity index (χ3n) is 4.44. The van der Waals surface area contributed by atoms with E-state index in [1.807, 2.05) is 19.1 Å². The van der Waals surface area contributed by atoms with E-state index in [0.717, 1.165) is 5.56 Å². The van der Waals surface area contributed by atoms with Gasteiger partial charge in [-0.2, -0.15) is 5.10 Å². The summed E-state index contributed by atoms with van der Waals surface area (Å²) in [4.78, 5) is 24.4. The Morgan fingerprint density at radius 3 is 2.55 bits per heavy atom. The Kier molecular flexibility index (Phi) is 8.46. The van der Waals surface area contributed by atoms with Crippen molar-refractivity contribution < 1.29 is 19.1 Å². The van der Waals surface area contributed by atoms with Gasteiger partial charge in [0.1, 0.15) is 0 Å². The molecule has 0 fully saturated rings. The van der Waals surface area contributed by atoms with Crippen LogP contribution in [0.15, 0.2) is 70.2 Å². The highest BCUT2D eigenvalue weighted by atomic mass is 79.9. The number of benzene rings is 3. The number of hydrogen-bond donors (Lipinski definition) is 2. The summed E-state index contributed by atoms with van der Waals surface area (Å²) in [7, 11) is 1.48. The lowest BCUT2D eigenvalue weighted by atomic mass is 10.1. The first-order chi connectivity index (χ1) is 15.9. The molecule has 0 aromatic heterocycles. The number of anilines is 1. The molecule has 0 saturated heterocycles.